The molecular formula is C19H20N2O3S2. The molecule has 26 heavy (non-hydrogen) atoms. The lowest BCUT2D eigenvalue weighted by Gasteiger charge is -2.02. The largest absolute Gasteiger partial charge is 0.319 e. The number of carbonyl (C=O) groups is 1. The Morgan fingerprint density at radius 1 is 1.19 bits per heavy atom. The molecule has 3 aromatic rings. The van der Waals surface area contributed by atoms with Crippen molar-refractivity contribution in [3.63, 3.8) is 0 Å². The van der Waals surface area contributed by atoms with Crippen LogP contribution in [0.1, 0.15) is 28.4 Å². The summed E-state index contributed by atoms with van der Waals surface area (Å²) in [6, 6.07) is 10.2. The Bertz CT molecular complexity index is 1190. The van der Waals surface area contributed by atoms with Crippen molar-refractivity contribution in [2.45, 2.75) is 25.7 Å². The number of rotatable bonds is 3. The lowest BCUT2D eigenvalue weighted by molar-refractivity contribution is 0.0997. The first-order chi connectivity index (χ1) is 12.2. The van der Waals surface area contributed by atoms with Gasteiger partial charge in [0, 0.05) is 12.6 Å². The van der Waals surface area contributed by atoms with Crippen LogP contribution in [-0.2, 0) is 16.9 Å². The summed E-state index contributed by atoms with van der Waals surface area (Å²) in [5.74, 6) is -0.458. The van der Waals surface area contributed by atoms with Crippen molar-refractivity contribution in [3.05, 3.63) is 57.9 Å². The van der Waals surface area contributed by atoms with Crippen LogP contribution in [0.4, 0.5) is 0 Å². The average Bonchev–Trinajstić information content (AvgIpc) is 2.92. The molecule has 0 fully saturated rings. The summed E-state index contributed by atoms with van der Waals surface area (Å²) in [6.45, 7) is 5.65. The third kappa shape index (κ3) is 3.37. The highest BCUT2D eigenvalue weighted by atomic mass is 32.2. The number of aromatic nitrogens is 1. The maximum atomic E-state index is 12.6. The van der Waals surface area contributed by atoms with E-state index in [2.05, 4.69) is 17.1 Å². The fraction of sp³-hybridized carbons (Fsp3) is 0.263. The van der Waals surface area contributed by atoms with E-state index in [9.17, 15) is 13.2 Å². The van der Waals surface area contributed by atoms with Crippen LogP contribution in [-0.4, -0.2) is 24.6 Å². The monoisotopic (exact) mass is 388 g/mol. The van der Waals surface area contributed by atoms with Crippen LogP contribution in [0, 0.1) is 13.8 Å². The predicted molar refractivity (Wildman–Crippen MR) is 104 cm³/mol. The molecule has 0 atom stereocenters. The number of thiazole rings is 1. The fourth-order valence-electron chi connectivity index (χ4n) is 2.82. The molecule has 0 aliphatic heterocycles. The number of sulfone groups is 1. The van der Waals surface area contributed by atoms with Crippen LogP contribution in [0.25, 0.3) is 10.2 Å². The van der Waals surface area contributed by atoms with Crippen molar-refractivity contribution in [3.8, 4) is 0 Å². The predicted octanol–water partition coefficient (Wildman–Crippen LogP) is 3.39. The molecule has 0 spiro atoms. The van der Waals surface area contributed by atoms with Gasteiger partial charge in [0.15, 0.2) is 14.6 Å². The molecule has 136 valence electrons. The van der Waals surface area contributed by atoms with Crippen molar-refractivity contribution in [2.75, 3.05) is 5.75 Å². The van der Waals surface area contributed by atoms with Crippen molar-refractivity contribution >= 4 is 37.3 Å². The summed E-state index contributed by atoms with van der Waals surface area (Å²) in [5.41, 5.74) is 3.59. The van der Waals surface area contributed by atoms with Gasteiger partial charge in [-0.1, -0.05) is 30.4 Å². The number of aryl methyl sites for hydroxylation is 3. The quantitative estimate of drug-likeness (QED) is 0.691. The second-order valence-corrected chi connectivity index (χ2v) is 9.48. The van der Waals surface area contributed by atoms with Gasteiger partial charge in [0.25, 0.3) is 5.91 Å². The molecule has 5 nitrogen and oxygen atoms in total. The first kappa shape index (κ1) is 18.5. The number of benzene rings is 2. The molecule has 3 rings (SSSR count). The molecule has 0 N–H and O–H groups in total. The van der Waals surface area contributed by atoms with E-state index in [1.807, 2.05) is 25.5 Å². The van der Waals surface area contributed by atoms with E-state index >= 15 is 0 Å². The summed E-state index contributed by atoms with van der Waals surface area (Å²) in [5, 5.41) is 0. The van der Waals surface area contributed by atoms with Crippen molar-refractivity contribution in [1.29, 1.82) is 0 Å². The standard InChI is InChI=1S/C19H20N2O3S2/c1-5-26(23,24)15-8-6-7-14(11-15)18(22)20-19-21(4)16-10-12(2)9-13(3)17(16)25-19/h6-11H,5H2,1-4H3. The smallest absolute Gasteiger partial charge is 0.279 e. The number of hydrogen-bond donors (Lipinski definition) is 0. The van der Waals surface area contributed by atoms with Gasteiger partial charge in [-0.25, -0.2) is 8.42 Å². The minimum atomic E-state index is -3.36. The molecule has 7 heteroatoms. The van der Waals surface area contributed by atoms with Crippen molar-refractivity contribution in [2.24, 2.45) is 12.0 Å². The summed E-state index contributed by atoms with van der Waals surface area (Å²) >= 11 is 1.45. The highest BCUT2D eigenvalue weighted by molar-refractivity contribution is 7.91. The Morgan fingerprint density at radius 2 is 1.92 bits per heavy atom. The van der Waals surface area contributed by atoms with E-state index in [0.717, 1.165) is 21.3 Å². The van der Waals surface area contributed by atoms with Crippen LogP contribution < -0.4 is 4.80 Å². The molecule has 0 aliphatic carbocycles. The molecular weight excluding hydrogens is 368 g/mol. The third-order valence-corrected chi connectivity index (χ3v) is 7.27. The van der Waals surface area contributed by atoms with Gasteiger partial charge >= 0.3 is 0 Å². The van der Waals surface area contributed by atoms with Crippen LogP contribution in [0.3, 0.4) is 0 Å². The van der Waals surface area contributed by atoms with Gasteiger partial charge in [-0.3, -0.25) is 4.79 Å². The maximum Gasteiger partial charge on any atom is 0.279 e. The van der Waals surface area contributed by atoms with Gasteiger partial charge < -0.3 is 4.57 Å². The molecule has 1 amide bonds. The van der Waals surface area contributed by atoms with E-state index in [1.165, 1.54) is 23.5 Å². The minimum absolute atomic E-state index is 0.00825. The van der Waals surface area contributed by atoms with E-state index in [-0.39, 0.29) is 16.2 Å². The van der Waals surface area contributed by atoms with E-state index in [1.54, 1.807) is 19.1 Å². The Morgan fingerprint density at radius 3 is 2.62 bits per heavy atom. The number of hydrogen-bond acceptors (Lipinski definition) is 4. The average molecular weight is 389 g/mol. The highest BCUT2D eigenvalue weighted by Gasteiger charge is 2.15. The SMILES string of the molecule is CCS(=O)(=O)c1cccc(C(=O)N=c2sc3c(C)cc(C)cc3n2C)c1. The zero-order chi connectivity index (χ0) is 19.1. The number of carbonyl (C=O) groups excluding carboxylic acids is 1. The molecule has 2 aromatic carbocycles. The first-order valence-corrected chi connectivity index (χ1v) is 10.7. The summed E-state index contributed by atoms with van der Waals surface area (Å²) < 4.78 is 27.0. The van der Waals surface area contributed by atoms with Gasteiger partial charge in [0.05, 0.1) is 20.9 Å². The van der Waals surface area contributed by atoms with Crippen LogP contribution in [0.5, 0.6) is 0 Å². The molecule has 0 bridgehead atoms. The van der Waals surface area contributed by atoms with E-state index in [4.69, 9.17) is 0 Å². The highest BCUT2D eigenvalue weighted by Crippen LogP contribution is 2.22. The fourth-order valence-corrected chi connectivity index (χ4v) is 4.81. The molecule has 0 radical (unpaired) electrons. The summed E-state index contributed by atoms with van der Waals surface area (Å²) in [6.07, 6.45) is 0. The minimum Gasteiger partial charge on any atom is -0.319 e. The van der Waals surface area contributed by atoms with Gasteiger partial charge in [0.2, 0.25) is 0 Å². The summed E-state index contributed by atoms with van der Waals surface area (Å²) in [4.78, 5) is 17.6. The van der Waals surface area contributed by atoms with Crippen molar-refractivity contribution < 1.29 is 13.2 Å². The number of fused-ring (bicyclic) bond motifs is 1. The number of nitrogens with zero attached hydrogens (tertiary/aromatic N) is 2. The van der Waals surface area contributed by atoms with Crippen LogP contribution >= 0.6 is 11.3 Å². The molecule has 1 heterocycles. The van der Waals surface area contributed by atoms with Gasteiger partial charge in [-0.2, -0.15) is 4.99 Å². The van der Waals surface area contributed by atoms with Gasteiger partial charge in [-0.15, -0.1) is 0 Å². The Kier molecular flexibility index (Phi) is 4.86. The van der Waals surface area contributed by atoms with E-state index in [0.29, 0.717) is 4.80 Å². The van der Waals surface area contributed by atoms with Gasteiger partial charge in [0.1, 0.15) is 0 Å². The lowest BCUT2D eigenvalue weighted by atomic mass is 10.1. The normalized spacial score (nSPS) is 12.7. The second-order valence-electron chi connectivity index (χ2n) is 6.22. The first-order valence-electron chi connectivity index (χ1n) is 8.21. The van der Waals surface area contributed by atoms with Crippen LogP contribution in [0.2, 0.25) is 0 Å². The third-order valence-electron chi connectivity index (χ3n) is 4.26. The Hall–Kier alpha value is -2.25. The molecule has 0 saturated carbocycles. The Labute approximate surface area is 156 Å². The van der Waals surface area contributed by atoms with Crippen molar-refractivity contribution in [1.82, 2.24) is 4.57 Å². The topological polar surface area (TPSA) is 68.5 Å². The molecule has 0 aliphatic rings. The molecule has 0 saturated heterocycles. The second kappa shape index (κ2) is 6.81. The van der Waals surface area contributed by atoms with Gasteiger partial charge in [-0.05, 0) is 49.2 Å². The van der Waals surface area contributed by atoms with Crippen LogP contribution in [0.15, 0.2) is 46.3 Å². The zero-order valence-electron chi connectivity index (χ0n) is 15.1. The Balaban J connectivity index is 2.10. The lowest BCUT2D eigenvalue weighted by Crippen LogP contribution is -2.13. The van der Waals surface area contributed by atoms with E-state index < -0.39 is 15.7 Å². The maximum absolute atomic E-state index is 12.6. The molecule has 1 aromatic heterocycles. The summed E-state index contributed by atoms with van der Waals surface area (Å²) in [7, 11) is -1.49. The zero-order valence-corrected chi connectivity index (χ0v) is 16.7. The number of amides is 1. The molecule has 0 unspecified atom stereocenters.